The lowest BCUT2D eigenvalue weighted by Gasteiger charge is -2.17. The summed E-state index contributed by atoms with van der Waals surface area (Å²) in [4.78, 5) is 31.6. The lowest BCUT2D eigenvalue weighted by atomic mass is 10.1. The van der Waals surface area contributed by atoms with Crippen LogP contribution in [0.2, 0.25) is 0 Å². The molecule has 5 heteroatoms. The van der Waals surface area contributed by atoms with Crippen LogP contribution in [-0.2, 0) is 6.54 Å². The van der Waals surface area contributed by atoms with E-state index in [0.29, 0.717) is 16.9 Å². The summed E-state index contributed by atoms with van der Waals surface area (Å²) in [5.74, 6) is -0.0527. The molecule has 0 bridgehead atoms. The minimum atomic E-state index is -0.146. The minimum absolute atomic E-state index is 0.0527. The van der Waals surface area contributed by atoms with Crippen LogP contribution in [0.15, 0.2) is 65.6 Å². The van der Waals surface area contributed by atoms with E-state index in [9.17, 15) is 9.59 Å². The van der Waals surface area contributed by atoms with Crippen molar-refractivity contribution in [1.82, 2.24) is 9.38 Å². The number of aryl methyl sites for hydroxylation is 1. The molecule has 1 amide bonds. The molecule has 1 aliphatic rings. The van der Waals surface area contributed by atoms with Crippen molar-refractivity contribution in [3.8, 4) is 0 Å². The standard InChI is InChI=1S/C21H15N3O2/c1-13-8-9-23-18(10-13)22-15(11-19(23)25)12-24-17-7-3-5-14-4-2-6-16(20(14)17)21(24)26/h2-11H,12H2,1H3. The Labute approximate surface area is 149 Å². The van der Waals surface area contributed by atoms with Crippen LogP contribution in [0, 0.1) is 6.92 Å². The lowest BCUT2D eigenvalue weighted by molar-refractivity contribution is 0.0991. The quantitative estimate of drug-likeness (QED) is 0.562. The highest BCUT2D eigenvalue weighted by Crippen LogP contribution is 2.37. The van der Waals surface area contributed by atoms with Crippen LogP contribution in [0.5, 0.6) is 0 Å². The highest BCUT2D eigenvalue weighted by molar-refractivity contribution is 6.24. The van der Waals surface area contributed by atoms with Crippen molar-refractivity contribution in [3.63, 3.8) is 0 Å². The van der Waals surface area contributed by atoms with Gasteiger partial charge < -0.3 is 4.90 Å². The van der Waals surface area contributed by atoms with E-state index in [2.05, 4.69) is 4.98 Å². The number of hydrogen-bond acceptors (Lipinski definition) is 3. The van der Waals surface area contributed by atoms with Gasteiger partial charge in [-0.3, -0.25) is 14.0 Å². The molecule has 126 valence electrons. The third-order valence-electron chi connectivity index (χ3n) is 4.84. The number of fused-ring (bicyclic) bond motifs is 1. The van der Waals surface area contributed by atoms with Crippen molar-refractivity contribution in [2.45, 2.75) is 13.5 Å². The third-order valence-corrected chi connectivity index (χ3v) is 4.84. The summed E-state index contributed by atoms with van der Waals surface area (Å²) < 4.78 is 1.51. The predicted octanol–water partition coefficient (Wildman–Crippen LogP) is 3.32. The van der Waals surface area contributed by atoms with Crippen molar-refractivity contribution in [1.29, 1.82) is 0 Å². The van der Waals surface area contributed by atoms with Gasteiger partial charge in [0.05, 0.1) is 17.9 Å². The van der Waals surface area contributed by atoms with Gasteiger partial charge in [0.1, 0.15) is 5.65 Å². The van der Waals surface area contributed by atoms with Gasteiger partial charge in [0.15, 0.2) is 0 Å². The molecule has 2 aromatic carbocycles. The Kier molecular flexibility index (Phi) is 3.00. The maximum absolute atomic E-state index is 12.9. The molecule has 0 N–H and O–H groups in total. The maximum atomic E-state index is 12.9. The Morgan fingerprint density at radius 2 is 1.81 bits per heavy atom. The number of anilines is 1. The average Bonchev–Trinajstić information content (AvgIpc) is 2.89. The molecule has 0 saturated carbocycles. The summed E-state index contributed by atoms with van der Waals surface area (Å²) >= 11 is 0. The van der Waals surface area contributed by atoms with Gasteiger partial charge in [0.2, 0.25) is 0 Å². The third kappa shape index (κ3) is 2.07. The van der Waals surface area contributed by atoms with E-state index in [4.69, 9.17) is 0 Å². The van der Waals surface area contributed by atoms with Gasteiger partial charge in [-0.15, -0.1) is 0 Å². The number of rotatable bonds is 2. The van der Waals surface area contributed by atoms with Crippen LogP contribution in [0.25, 0.3) is 16.4 Å². The molecular formula is C21H15N3O2. The van der Waals surface area contributed by atoms with Crippen LogP contribution >= 0.6 is 0 Å². The molecule has 0 aliphatic carbocycles. The molecule has 0 spiro atoms. The van der Waals surface area contributed by atoms with E-state index in [1.54, 1.807) is 11.1 Å². The Hall–Kier alpha value is -3.47. The first-order valence-electron chi connectivity index (χ1n) is 8.44. The molecule has 5 rings (SSSR count). The zero-order valence-corrected chi connectivity index (χ0v) is 14.1. The highest BCUT2D eigenvalue weighted by Gasteiger charge is 2.29. The van der Waals surface area contributed by atoms with Crippen LogP contribution in [0.1, 0.15) is 21.6 Å². The van der Waals surface area contributed by atoms with Gasteiger partial charge in [0, 0.05) is 23.2 Å². The van der Waals surface area contributed by atoms with E-state index in [-0.39, 0.29) is 18.0 Å². The van der Waals surface area contributed by atoms with Crippen LogP contribution in [-0.4, -0.2) is 15.3 Å². The van der Waals surface area contributed by atoms with Gasteiger partial charge in [-0.25, -0.2) is 4.98 Å². The fourth-order valence-corrected chi connectivity index (χ4v) is 3.63. The zero-order valence-electron chi connectivity index (χ0n) is 14.1. The first-order chi connectivity index (χ1) is 12.6. The molecule has 2 aromatic heterocycles. The summed E-state index contributed by atoms with van der Waals surface area (Å²) in [6, 6.07) is 16.9. The topological polar surface area (TPSA) is 54.7 Å². The highest BCUT2D eigenvalue weighted by atomic mass is 16.2. The van der Waals surface area contributed by atoms with Crippen LogP contribution in [0.4, 0.5) is 5.69 Å². The van der Waals surface area contributed by atoms with E-state index in [0.717, 1.165) is 22.0 Å². The predicted molar refractivity (Wildman–Crippen MR) is 101 cm³/mol. The summed E-state index contributed by atoms with van der Waals surface area (Å²) in [6.07, 6.45) is 1.72. The molecule has 4 aromatic rings. The number of aromatic nitrogens is 2. The SMILES string of the molecule is Cc1ccn2c(=O)cc(CN3C(=O)c4cccc5cccc3c45)nc2c1. The normalized spacial score (nSPS) is 13.1. The number of nitrogens with zero attached hydrogens (tertiary/aromatic N) is 3. The first kappa shape index (κ1) is 14.8. The van der Waals surface area contributed by atoms with Crippen molar-refractivity contribution in [2.75, 3.05) is 4.90 Å². The molecular weight excluding hydrogens is 326 g/mol. The van der Waals surface area contributed by atoms with Crippen molar-refractivity contribution in [3.05, 3.63) is 88.0 Å². The number of benzene rings is 2. The van der Waals surface area contributed by atoms with Gasteiger partial charge >= 0.3 is 0 Å². The summed E-state index contributed by atoms with van der Waals surface area (Å²) in [5.41, 5.74) is 3.63. The second-order valence-electron chi connectivity index (χ2n) is 6.59. The largest absolute Gasteiger partial charge is 0.302 e. The van der Waals surface area contributed by atoms with Crippen molar-refractivity contribution < 1.29 is 4.79 Å². The van der Waals surface area contributed by atoms with Gasteiger partial charge in [0.25, 0.3) is 11.5 Å². The molecule has 26 heavy (non-hydrogen) atoms. The number of hydrogen-bond donors (Lipinski definition) is 0. The molecule has 0 radical (unpaired) electrons. The average molecular weight is 341 g/mol. The number of carbonyl (C=O) groups is 1. The fourth-order valence-electron chi connectivity index (χ4n) is 3.63. The fraction of sp³-hybridized carbons (Fsp3) is 0.0952. The van der Waals surface area contributed by atoms with E-state index in [1.807, 2.05) is 55.5 Å². The Bertz CT molecular complexity index is 1270. The van der Waals surface area contributed by atoms with Crippen LogP contribution < -0.4 is 10.5 Å². The van der Waals surface area contributed by atoms with Crippen molar-refractivity contribution in [2.24, 2.45) is 0 Å². The van der Waals surface area contributed by atoms with E-state index >= 15 is 0 Å². The zero-order chi connectivity index (χ0) is 17.8. The number of amides is 1. The number of pyridine rings is 1. The molecule has 1 aliphatic heterocycles. The minimum Gasteiger partial charge on any atom is -0.302 e. The second-order valence-corrected chi connectivity index (χ2v) is 6.59. The second kappa shape index (κ2) is 5.26. The summed E-state index contributed by atoms with van der Waals surface area (Å²) in [5, 5.41) is 2.01. The monoisotopic (exact) mass is 341 g/mol. The Morgan fingerprint density at radius 1 is 1.00 bits per heavy atom. The Balaban J connectivity index is 1.63. The van der Waals surface area contributed by atoms with Gasteiger partial charge in [-0.05, 0) is 42.1 Å². The molecule has 0 atom stereocenters. The molecule has 5 nitrogen and oxygen atoms in total. The molecule has 0 saturated heterocycles. The van der Waals surface area contributed by atoms with Crippen LogP contribution in [0.3, 0.4) is 0 Å². The first-order valence-corrected chi connectivity index (χ1v) is 8.44. The van der Waals surface area contributed by atoms with Gasteiger partial charge in [-0.1, -0.05) is 24.3 Å². The summed E-state index contributed by atoms with van der Waals surface area (Å²) in [7, 11) is 0. The maximum Gasteiger partial charge on any atom is 0.259 e. The molecule has 0 unspecified atom stereocenters. The smallest absolute Gasteiger partial charge is 0.259 e. The number of carbonyl (C=O) groups excluding carboxylic acids is 1. The summed E-state index contributed by atoms with van der Waals surface area (Å²) in [6.45, 7) is 2.23. The van der Waals surface area contributed by atoms with Crippen molar-refractivity contribution >= 4 is 28.0 Å². The van der Waals surface area contributed by atoms with E-state index < -0.39 is 0 Å². The van der Waals surface area contributed by atoms with Gasteiger partial charge in [-0.2, -0.15) is 0 Å². The molecule has 0 fully saturated rings. The molecule has 3 heterocycles. The van der Waals surface area contributed by atoms with E-state index in [1.165, 1.54) is 10.5 Å². The Morgan fingerprint density at radius 3 is 2.65 bits per heavy atom. The lowest BCUT2D eigenvalue weighted by Crippen LogP contribution is -2.28.